The van der Waals surface area contributed by atoms with Crippen molar-refractivity contribution in [3.05, 3.63) is 29.8 Å². The van der Waals surface area contributed by atoms with E-state index in [1.807, 2.05) is 34.1 Å². The summed E-state index contributed by atoms with van der Waals surface area (Å²) >= 11 is 0. The van der Waals surface area contributed by atoms with Crippen LogP contribution < -0.4 is 5.32 Å². The van der Waals surface area contributed by atoms with Gasteiger partial charge in [-0.3, -0.25) is 4.79 Å². The van der Waals surface area contributed by atoms with Gasteiger partial charge in [-0.25, -0.2) is 4.79 Å². The van der Waals surface area contributed by atoms with Crippen LogP contribution in [-0.4, -0.2) is 66.5 Å². The van der Waals surface area contributed by atoms with E-state index >= 15 is 0 Å². The van der Waals surface area contributed by atoms with Crippen molar-refractivity contribution in [2.24, 2.45) is 0 Å². The van der Waals surface area contributed by atoms with Crippen molar-refractivity contribution < 1.29 is 14.3 Å². The summed E-state index contributed by atoms with van der Waals surface area (Å²) in [5, 5.41) is 3.65. The molecule has 1 aromatic carbocycles. The lowest BCUT2D eigenvalue weighted by atomic mass is 9.83. The first kappa shape index (κ1) is 16.4. The summed E-state index contributed by atoms with van der Waals surface area (Å²) in [7, 11) is 0. The maximum absolute atomic E-state index is 12.7. The Hall–Kier alpha value is -2.08. The van der Waals surface area contributed by atoms with Crippen LogP contribution in [0, 0.1) is 0 Å². The zero-order valence-corrected chi connectivity index (χ0v) is 14.5. The molecular weight excluding hydrogens is 318 g/mol. The first-order valence-electron chi connectivity index (χ1n) is 9.19. The maximum atomic E-state index is 12.7. The Morgan fingerprint density at radius 1 is 1.00 bits per heavy atom. The molecule has 25 heavy (non-hydrogen) atoms. The molecule has 3 heterocycles. The van der Waals surface area contributed by atoms with E-state index < -0.39 is 0 Å². The van der Waals surface area contributed by atoms with E-state index in [9.17, 15) is 9.59 Å². The van der Waals surface area contributed by atoms with Gasteiger partial charge in [-0.2, -0.15) is 0 Å². The molecule has 6 nitrogen and oxygen atoms in total. The Labute approximate surface area is 148 Å². The summed E-state index contributed by atoms with van der Waals surface area (Å²) in [4.78, 5) is 28.9. The smallest absolute Gasteiger partial charge is 0.320 e. The molecule has 1 spiro atoms. The standard InChI is InChI=1S/C19H25N3O3/c23-17-5-6-19(20-16-4-2-1-3-15(16)17)7-9-21(10-8-19)18(24)22-11-13-25-14-12-22/h1-4,20H,5-14H2. The van der Waals surface area contributed by atoms with E-state index in [1.54, 1.807) is 0 Å². The summed E-state index contributed by atoms with van der Waals surface area (Å²) in [6, 6.07) is 7.91. The van der Waals surface area contributed by atoms with Crippen LogP contribution in [0.3, 0.4) is 0 Å². The van der Waals surface area contributed by atoms with Gasteiger partial charge in [-0.15, -0.1) is 0 Å². The molecule has 3 aliphatic heterocycles. The van der Waals surface area contributed by atoms with Gasteiger partial charge in [0.05, 0.1) is 13.2 Å². The fourth-order valence-corrected chi connectivity index (χ4v) is 4.13. The highest BCUT2D eigenvalue weighted by atomic mass is 16.5. The molecule has 4 rings (SSSR count). The van der Waals surface area contributed by atoms with Gasteiger partial charge in [0.1, 0.15) is 0 Å². The van der Waals surface area contributed by atoms with Crippen molar-refractivity contribution >= 4 is 17.5 Å². The molecule has 0 radical (unpaired) electrons. The number of hydrogen-bond donors (Lipinski definition) is 1. The molecule has 1 N–H and O–H groups in total. The van der Waals surface area contributed by atoms with Gasteiger partial charge in [-0.05, 0) is 31.4 Å². The lowest BCUT2D eigenvalue weighted by Gasteiger charge is -2.44. The summed E-state index contributed by atoms with van der Waals surface area (Å²) in [5.41, 5.74) is 1.66. The number of nitrogens with zero attached hydrogens (tertiary/aromatic N) is 2. The average molecular weight is 343 g/mol. The zero-order valence-electron chi connectivity index (χ0n) is 14.5. The molecular formula is C19H25N3O3. The number of nitrogens with one attached hydrogen (secondary N) is 1. The number of para-hydroxylation sites is 1. The normalized spacial score (nSPS) is 23.0. The van der Waals surface area contributed by atoms with Crippen LogP contribution in [0.2, 0.25) is 0 Å². The van der Waals surface area contributed by atoms with Gasteiger partial charge in [0, 0.05) is 49.4 Å². The van der Waals surface area contributed by atoms with Crippen LogP contribution >= 0.6 is 0 Å². The Kier molecular flexibility index (Phi) is 4.37. The molecule has 0 bridgehead atoms. The predicted octanol–water partition coefficient (Wildman–Crippen LogP) is 2.36. The molecule has 0 saturated carbocycles. The molecule has 134 valence electrons. The largest absolute Gasteiger partial charge is 0.379 e. The molecule has 3 aliphatic rings. The van der Waals surface area contributed by atoms with Crippen molar-refractivity contribution in [2.45, 2.75) is 31.2 Å². The first-order valence-corrected chi connectivity index (χ1v) is 9.19. The second-order valence-corrected chi connectivity index (χ2v) is 7.24. The van der Waals surface area contributed by atoms with Gasteiger partial charge in [0.25, 0.3) is 0 Å². The summed E-state index contributed by atoms with van der Waals surface area (Å²) < 4.78 is 5.33. The van der Waals surface area contributed by atoms with Crippen LogP contribution in [0.4, 0.5) is 10.5 Å². The van der Waals surface area contributed by atoms with Crippen molar-refractivity contribution in [3.8, 4) is 0 Å². The number of hydrogen-bond acceptors (Lipinski definition) is 4. The minimum atomic E-state index is -0.0793. The number of benzene rings is 1. The molecule has 0 aromatic heterocycles. The Morgan fingerprint density at radius 2 is 1.68 bits per heavy atom. The molecule has 0 aliphatic carbocycles. The molecule has 2 fully saturated rings. The van der Waals surface area contributed by atoms with Crippen LogP contribution in [0.1, 0.15) is 36.0 Å². The quantitative estimate of drug-likeness (QED) is 0.785. The van der Waals surface area contributed by atoms with Gasteiger partial charge >= 0.3 is 6.03 Å². The molecule has 6 heteroatoms. The number of urea groups is 1. The first-order chi connectivity index (χ1) is 12.2. The molecule has 1 aromatic rings. The maximum Gasteiger partial charge on any atom is 0.320 e. The summed E-state index contributed by atoms with van der Waals surface area (Å²) in [6.07, 6.45) is 3.16. The summed E-state index contributed by atoms with van der Waals surface area (Å²) in [5.74, 6) is 0.215. The number of amides is 2. The highest BCUT2D eigenvalue weighted by molar-refractivity contribution is 6.02. The van der Waals surface area contributed by atoms with Crippen LogP contribution in [0.15, 0.2) is 24.3 Å². The van der Waals surface area contributed by atoms with E-state index in [0.717, 1.165) is 43.6 Å². The predicted molar refractivity (Wildman–Crippen MR) is 95.0 cm³/mol. The average Bonchev–Trinajstić information content (AvgIpc) is 2.80. The molecule has 2 amide bonds. The number of likely N-dealkylation sites (tertiary alicyclic amines) is 1. The van der Waals surface area contributed by atoms with Crippen molar-refractivity contribution in [1.29, 1.82) is 0 Å². The topological polar surface area (TPSA) is 61.9 Å². The zero-order chi connectivity index (χ0) is 17.3. The number of anilines is 1. The number of piperidine rings is 1. The number of fused-ring (bicyclic) bond motifs is 1. The van der Waals surface area contributed by atoms with E-state index in [4.69, 9.17) is 4.74 Å². The highest BCUT2D eigenvalue weighted by Crippen LogP contribution is 2.36. The van der Waals surface area contributed by atoms with E-state index in [0.29, 0.717) is 32.7 Å². The second kappa shape index (κ2) is 6.67. The van der Waals surface area contributed by atoms with Gasteiger partial charge in [-0.1, -0.05) is 12.1 Å². The number of Topliss-reactive ketones (excluding diaryl/α,β-unsaturated/α-hetero) is 1. The molecule has 0 atom stereocenters. The Bertz CT molecular complexity index is 662. The van der Waals surface area contributed by atoms with Crippen molar-refractivity contribution in [3.63, 3.8) is 0 Å². The third kappa shape index (κ3) is 3.23. The molecule has 0 unspecified atom stereocenters. The third-order valence-electron chi connectivity index (χ3n) is 5.73. The monoisotopic (exact) mass is 343 g/mol. The van der Waals surface area contributed by atoms with Gasteiger partial charge < -0.3 is 19.9 Å². The number of ketones is 1. The lowest BCUT2D eigenvalue weighted by molar-refractivity contribution is 0.0394. The van der Waals surface area contributed by atoms with Crippen LogP contribution in [0.5, 0.6) is 0 Å². The third-order valence-corrected chi connectivity index (χ3v) is 5.73. The van der Waals surface area contributed by atoms with E-state index in [-0.39, 0.29) is 17.4 Å². The van der Waals surface area contributed by atoms with Gasteiger partial charge in [0.15, 0.2) is 5.78 Å². The Morgan fingerprint density at radius 3 is 2.44 bits per heavy atom. The lowest BCUT2D eigenvalue weighted by Crippen LogP contribution is -2.55. The number of ether oxygens (including phenoxy) is 1. The number of morpholine rings is 1. The highest BCUT2D eigenvalue weighted by Gasteiger charge is 2.39. The SMILES string of the molecule is O=C1CCC2(CCN(C(=O)N3CCOCC3)CC2)Nc2ccccc21. The van der Waals surface area contributed by atoms with E-state index in [2.05, 4.69) is 5.32 Å². The van der Waals surface area contributed by atoms with Crippen molar-refractivity contribution in [1.82, 2.24) is 9.80 Å². The fourth-order valence-electron chi connectivity index (χ4n) is 4.13. The van der Waals surface area contributed by atoms with Crippen LogP contribution in [0.25, 0.3) is 0 Å². The number of rotatable bonds is 0. The van der Waals surface area contributed by atoms with E-state index in [1.165, 1.54) is 0 Å². The summed E-state index contributed by atoms with van der Waals surface area (Å²) in [6.45, 7) is 4.09. The molecule has 2 saturated heterocycles. The minimum Gasteiger partial charge on any atom is -0.379 e. The van der Waals surface area contributed by atoms with Crippen LogP contribution in [-0.2, 0) is 4.74 Å². The number of carbonyl (C=O) groups excluding carboxylic acids is 2. The van der Waals surface area contributed by atoms with Crippen molar-refractivity contribution in [2.75, 3.05) is 44.7 Å². The number of carbonyl (C=O) groups is 2. The van der Waals surface area contributed by atoms with Gasteiger partial charge in [0.2, 0.25) is 0 Å². The second-order valence-electron chi connectivity index (χ2n) is 7.24. The minimum absolute atomic E-state index is 0.0793. The Balaban J connectivity index is 1.44. The fraction of sp³-hybridized carbons (Fsp3) is 0.579.